The van der Waals surface area contributed by atoms with Gasteiger partial charge >= 0.3 is 5.97 Å². The molecule has 22 heavy (non-hydrogen) atoms. The summed E-state index contributed by atoms with van der Waals surface area (Å²) < 4.78 is 27.5. The van der Waals surface area contributed by atoms with Crippen molar-refractivity contribution in [2.24, 2.45) is 5.41 Å². The Labute approximate surface area is 132 Å². The maximum Gasteiger partial charge on any atom is 0.311 e. The van der Waals surface area contributed by atoms with Crippen LogP contribution in [-0.2, 0) is 28.5 Å². The normalized spacial score (nSPS) is 25.7. The third kappa shape index (κ3) is 5.35. The second kappa shape index (κ2) is 7.55. The lowest BCUT2D eigenvalue weighted by Gasteiger charge is -2.25. The summed E-state index contributed by atoms with van der Waals surface area (Å²) in [6.45, 7) is 13.0. The maximum absolute atomic E-state index is 11.9. The molecule has 3 atom stereocenters. The van der Waals surface area contributed by atoms with E-state index in [1.807, 2.05) is 13.8 Å². The van der Waals surface area contributed by atoms with Crippen molar-refractivity contribution >= 4 is 5.97 Å². The summed E-state index contributed by atoms with van der Waals surface area (Å²) in [5, 5.41) is 0. The van der Waals surface area contributed by atoms with E-state index in [4.69, 9.17) is 23.7 Å². The van der Waals surface area contributed by atoms with Gasteiger partial charge < -0.3 is 23.7 Å². The Hall–Kier alpha value is -0.950. The van der Waals surface area contributed by atoms with Gasteiger partial charge in [-0.15, -0.1) is 6.58 Å². The lowest BCUT2D eigenvalue weighted by atomic mass is 9.97. The van der Waals surface area contributed by atoms with Crippen molar-refractivity contribution in [3.63, 3.8) is 0 Å². The largest absolute Gasteiger partial charge is 0.462 e. The van der Waals surface area contributed by atoms with Gasteiger partial charge in [0, 0.05) is 7.11 Å². The third-order valence-electron chi connectivity index (χ3n) is 3.15. The summed E-state index contributed by atoms with van der Waals surface area (Å²) in [5.41, 5.74) is -0.561. The first kappa shape index (κ1) is 19.1. The summed E-state index contributed by atoms with van der Waals surface area (Å²) >= 11 is 0. The molecule has 0 radical (unpaired) electrons. The molecular formula is C16H28O6. The van der Waals surface area contributed by atoms with Crippen LogP contribution >= 0.6 is 0 Å². The average molecular weight is 316 g/mol. The average Bonchev–Trinajstić information content (AvgIpc) is 2.71. The van der Waals surface area contributed by atoms with Crippen LogP contribution in [-0.4, -0.2) is 50.6 Å². The SMILES string of the molecule is C=C[C@H](OCOC)[C@@H]1OC(C)(C)O[C@@H]1COC(=O)C(C)(C)C. The Kier molecular flexibility index (Phi) is 6.55. The first-order chi connectivity index (χ1) is 10.1. The zero-order chi connectivity index (χ0) is 17.0. The molecule has 6 heteroatoms. The first-order valence-corrected chi connectivity index (χ1v) is 7.36. The molecule has 1 rings (SSSR count). The van der Waals surface area contributed by atoms with Gasteiger partial charge in [0.05, 0.1) is 5.41 Å². The molecule has 0 unspecified atom stereocenters. The molecule has 0 aromatic carbocycles. The molecule has 6 nitrogen and oxygen atoms in total. The fourth-order valence-corrected chi connectivity index (χ4v) is 2.09. The second-order valence-corrected chi connectivity index (χ2v) is 6.76. The molecule has 1 saturated heterocycles. The second-order valence-electron chi connectivity index (χ2n) is 6.76. The number of hydrogen-bond acceptors (Lipinski definition) is 6. The van der Waals surface area contributed by atoms with Gasteiger partial charge in [-0.05, 0) is 34.6 Å². The van der Waals surface area contributed by atoms with Gasteiger partial charge in [0.2, 0.25) is 0 Å². The smallest absolute Gasteiger partial charge is 0.311 e. The lowest BCUT2D eigenvalue weighted by Crippen LogP contribution is -2.40. The molecule has 0 aromatic rings. The molecule has 0 N–H and O–H groups in total. The molecule has 0 aromatic heterocycles. The number of ether oxygens (including phenoxy) is 5. The molecule has 1 heterocycles. The number of methoxy groups -OCH3 is 1. The number of carbonyl (C=O) groups excluding carboxylic acids is 1. The van der Waals surface area contributed by atoms with Crippen molar-refractivity contribution in [3.05, 3.63) is 12.7 Å². The van der Waals surface area contributed by atoms with Crippen LogP contribution in [0.15, 0.2) is 12.7 Å². The minimum Gasteiger partial charge on any atom is -0.462 e. The fourth-order valence-electron chi connectivity index (χ4n) is 2.09. The highest BCUT2D eigenvalue weighted by molar-refractivity contribution is 5.75. The Morgan fingerprint density at radius 3 is 2.50 bits per heavy atom. The Morgan fingerprint density at radius 1 is 1.36 bits per heavy atom. The van der Waals surface area contributed by atoms with Gasteiger partial charge in [-0.25, -0.2) is 0 Å². The van der Waals surface area contributed by atoms with Crippen molar-refractivity contribution in [1.82, 2.24) is 0 Å². The van der Waals surface area contributed by atoms with Crippen molar-refractivity contribution in [1.29, 1.82) is 0 Å². The van der Waals surface area contributed by atoms with E-state index >= 15 is 0 Å². The van der Waals surface area contributed by atoms with Crippen LogP contribution in [0.5, 0.6) is 0 Å². The molecule has 0 spiro atoms. The molecule has 1 aliphatic rings. The standard InChI is InChI=1S/C16H28O6/c1-8-11(20-10-18-7)13-12(21-16(5,6)22-13)9-19-14(17)15(2,3)4/h8,11-13H,1,9-10H2,2-7H3/t11-,12+,13-/m0/s1. The molecule has 1 fully saturated rings. The topological polar surface area (TPSA) is 63.2 Å². The van der Waals surface area contributed by atoms with Crippen LogP contribution in [0.3, 0.4) is 0 Å². The van der Waals surface area contributed by atoms with Gasteiger partial charge in [-0.2, -0.15) is 0 Å². The van der Waals surface area contributed by atoms with E-state index in [0.717, 1.165) is 0 Å². The highest BCUT2D eigenvalue weighted by atomic mass is 16.8. The van der Waals surface area contributed by atoms with E-state index < -0.39 is 29.5 Å². The monoisotopic (exact) mass is 316 g/mol. The summed E-state index contributed by atoms with van der Waals surface area (Å²) in [6.07, 6.45) is 0.365. The number of hydrogen-bond donors (Lipinski definition) is 0. The van der Waals surface area contributed by atoms with Crippen molar-refractivity contribution in [2.75, 3.05) is 20.5 Å². The zero-order valence-electron chi connectivity index (χ0n) is 14.4. The zero-order valence-corrected chi connectivity index (χ0v) is 14.4. The maximum atomic E-state index is 11.9. The first-order valence-electron chi connectivity index (χ1n) is 7.36. The molecule has 0 saturated carbocycles. The summed E-state index contributed by atoms with van der Waals surface area (Å²) in [7, 11) is 1.54. The molecule has 1 aliphatic heterocycles. The Morgan fingerprint density at radius 2 is 2.00 bits per heavy atom. The highest BCUT2D eigenvalue weighted by Crippen LogP contribution is 2.32. The van der Waals surface area contributed by atoms with Crippen LogP contribution in [0, 0.1) is 5.41 Å². The summed E-state index contributed by atoms with van der Waals surface area (Å²) in [4.78, 5) is 11.9. The number of rotatable bonds is 7. The van der Waals surface area contributed by atoms with Crippen LogP contribution in [0.4, 0.5) is 0 Å². The van der Waals surface area contributed by atoms with E-state index in [0.29, 0.717) is 0 Å². The predicted octanol–water partition coefficient (Wildman–Crippen LogP) is 2.27. The highest BCUT2D eigenvalue weighted by Gasteiger charge is 2.45. The fraction of sp³-hybridized carbons (Fsp3) is 0.812. The summed E-state index contributed by atoms with van der Waals surface area (Å²) in [6, 6.07) is 0. The number of carbonyl (C=O) groups is 1. The van der Waals surface area contributed by atoms with Crippen LogP contribution in [0.1, 0.15) is 34.6 Å². The molecule has 0 bridgehead atoms. The van der Waals surface area contributed by atoms with E-state index in [2.05, 4.69) is 6.58 Å². The van der Waals surface area contributed by atoms with Crippen LogP contribution in [0.2, 0.25) is 0 Å². The van der Waals surface area contributed by atoms with Crippen molar-refractivity contribution in [3.8, 4) is 0 Å². The lowest BCUT2D eigenvalue weighted by molar-refractivity contribution is -0.168. The van der Waals surface area contributed by atoms with Gasteiger partial charge in [0.1, 0.15) is 31.7 Å². The number of esters is 1. The van der Waals surface area contributed by atoms with Gasteiger partial charge in [-0.3, -0.25) is 4.79 Å². The van der Waals surface area contributed by atoms with Crippen molar-refractivity contribution < 1.29 is 28.5 Å². The summed E-state index contributed by atoms with van der Waals surface area (Å²) in [5.74, 6) is -1.06. The minimum absolute atomic E-state index is 0.102. The van der Waals surface area contributed by atoms with E-state index in [1.54, 1.807) is 34.0 Å². The molecule has 0 amide bonds. The van der Waals surface area contributed by atoms with E-state index in [9.17, 15) is 4.79 Å². The Bertz CT molecular complexity index is 385. The minimum atomic E-state index is -0.777. The Balaban J connectivity index is 2.72. The van der Waals surface area contributed by atoms with E-state index in [1.165, 1.54) is 0 Å². The van der Waals surface area contributed by atoms with Crippen LogP contribution < -0.4 is 0 Å². The van der Waals surface area contributed by atoms with Crippen molar-refractivity contribution in [2.45, 2.75) is 58.7 Å². The van der Waals surface area contributed by atoms with Gasteiger partial charge in [0.15, 0.2) is 5.79 Å². The van der Waals surface area contributed by atoms with Gasteiger partial charge in [-0.1, -0.05) is 6.08 Å². The molecular weight excluding hydrogens is 288 g/mol. The molecule has 0 aliphatic carbocycles. The van der Waals surface area contributed by atoms with Gasteiger partial charge in [0.25, 0.3) is 0 Å². The predicted molar refractivity (Wildman–Crippen MR) is 81.2 cm³/mol. The molecule has 128 valence electrons. The van der Waals surface area contributed by atoms with E-state index in [-0.39, 0.29) is 19.4 Å². The quantitative estimate of drug-likeness (QED) is 0.408. The van der Waals surface area contributed by atoms with Crippen LogP contribution in [0.25, 0.3) is 0 Å². The third-order valence-corrected chi connectivity index (χ3v) is 3.15.